The number of carbonyl (C=O) groups is 1. The van der Waals surface area contributed by atoms with Gasteiger partial charge in [-0.2, -0.15) is 4.72 Å². The van der Waals surface area contributed by atoms with Gasteiger partial charge in [-0.1, -0.05) is 13.3 Å². The highest BCUT2D eigenvalue weighted by Crippen LogP contribution is 2.19. The van der Waals surface area contributed by atoms with Crippen molar-refractivity contribution < 1.29 is 9.53 Å². The van der Waals surface area contributed by atoms with Crippen molar-refractivity contribution >= 4 is 17.1 Å². The van der Waals surface area contributed by atoms with Crippen LogP contribution in [-0.2, 0) is 20.8 Å². The molecule has 0 aromatic carbocycles. The molecule has 78 valence electrons. The van der Waals surface area contributed by atoms with Crippen LogP contribution >= 0.6 is 0 Å². The first-order valence-electron chi connectivity index (χ1n) is 4.95. The van der Waals surface area contributed by atoms with E-state index in [-0.39, 0.29) is 17.1 Å². The number of hydrogen-bond donors (Lipinski definition) is 2. The minimum atomic E-state index is -0.0877. The van der Waals surface area contributed by atoms with Crippen LogP contribution in [0, 0.1) is 0 Å². The number of Topliss-reactive ketones (excluding diaryl/α,β-unsaturated/α-hetero) is 1. The molecule has 0 fully saturated rings. The van der Waals surface area contributed by atoms with E-state index in [1.54, 1.807) is 0 Å². The van der Waals surface area contributed by atoms with E-state index in [2.05, 4.69) is 16.4 Å². The van der Waals surface area contributed by atoms with Gasteiger partial charge in [-0.05, 0) is 6.42 Å². The van der Waals surface area contributed by atoms with Gasteiger partial charge in [-0.15, -0.1) is 4.72 Å². The minimum Gasteiger partial charge on any atom is -0.474 e. The van der Waals surface area contributed by atoms with Crippen LogP contribution in [0.15, 0.2) is 11.6 Å². The lowest BCUT2D eigenvalue weighted by atomic mass is 10.2. The molecule has 2 N–H and O–H groups in total. The summed E-state index contributed by atoms with van der Waals surface area (Å²) in [6, 6.07) is 0. The highest BCUT2D eigenvalue weighted by molar-refractivity contribution is 7.93. The fourth-order valence-electron chi connectivity index (χ4n) is 1.40. The fraction of sp³-hybridized carbons (Fsp3) is 0.667. The van der Waals surface area contributed by atoms with Crippen molar-refractivity contribution in [2.75, 3.05) is 12.4 Å². The van der Waals surface area contributed by atoms with Crippen LogP contribution in [0.25, 0.3) is 0 Å². The number of rotatable bonds is 3. The summed E-state index contributed by atoms with van der Waals surface area (Å²) in [6.07, 6.45) is 2.84. The molecule has 0 aliphatic carbocycles. The molecule has 14 heavy (non-hydrogen) atoms. The lowest BCUT2D eigenvalue weighted by Crippen LogP contribution is -2.30. The second-order valence-electron chi connectivity index (χ2n) is 3.38. The second-order valence-corrected chi connectivity index (χ2v) is 4.98. The molecule has 0 saturated carbocycles. The molecule has 0 spiro atoms. The first-order chi connectivity index (χ1) is 6.81. The lowest BCUT2D eigenvalue weighted by Gasteiger charge is -2.09. The van der Waals surface area contributed by atoms with E-state index in [4.69, 9.17) is 4.74 Å². The molecule has 1 unspecified atom stereocenters. The van der Waals surface area contributed by atoms with Gasteiger partial charge >= 0.3 is 0 Å². The molecular formula is C9H15N2O2S+. The zero-order chi connectivity index (χ0) is 9.97. The van der Waals surface area contributed by atoms with E-state index >= 15 is 0 Å². The summed E-state index contributed by atoms with van der Waals surface area (Å²) in [4.78, 5) is 11.5. The maximum absolute atomic E-state index is 11.5. The van der Waals surface area contributed by atoms with Gasteiger partial charge in [-0.3, -0.25) is 4.79 Å². The minimum absolute atomic E-state index is 0.0877. The molecule has 0 saturated heterocycles. The van der Waals surface area contributed by atoms with Gasteiger partial charge in [0.2, 0.25) is 11.3 Å². The van der Waals surface area contributed by atoms with Gasteiger partial charge in [-0.25, -0.2) is 0 Å². The molecule has 0 amide bonds. The van der Waals surface area contributed by atoms with Crippen LogP contribution in [0.1, 0.15) is 26.2 Å². The Hall–Kier alpha value is -0.840. The molecule has 2 rings (SSSR count). The summed E-state index contributed by atoms with van der Waals surface area (Å²) in [5, 5.41) is 0. The Morgan fingerprint density at radius 2 is 2.36 bits per heavy atom. The molecule has 0 bridgehead atoms. The molecule has 5 heteroatoms. The van der Waals surface area contributed by atoms with Crippen molar-refractivity contribution in [2.24, 2.45) is 0 Å². The number of unbranched alkanes of at least 4 members (excludes halogenated alkanes) is 1. The number of ketones is 1. The van der Waals surface area contributed by atoms with Crippen molar-refractivity contribution in [3.05, 3.63) is 11.6 Å². The number of allylic oxidation sites excluding steroid dienone is 1. The third kappa shape index (κ3) is 1.82. The average molecular weight is 215 g/mol. The maximum Gasteiger partial charge on any atom is 0.263 e. The van der Waals surface area contributed by atoms with Gasteiger partial charge in [0.15, 0.2) is 17.2 Å². The van der Waals surface area contributed by atoms with Crippen LogP contribution < -0.4 is 9.44 Å². The van der Waals surface area contributed by atoms with Gasteiger partial charge < -0.3 is 4.74 Å². The number of hydrogen-bond acceptors (Lipinski definition) is 4. The summed E-state index contributed by atoms with van der Waals surface area (Å²) in [5.41, 5.74) is 0.663. The molecule has 2 aliphatic heterocycles. The molecule has 2 heterocycles. The molecule has 1 atom stereocenters. The van der Waals surface area contributed by atoms with Crippen LogP contribution in [0.5, 0.6) is 0 Å². The predicted octanol–water partition coefficient (Wildman–Crippen LogP) is 0.586. The van der Waals surface area contributed by atoms with E-state index in [1.807, 2.05) is 0 Å². The van der Waals surface area contributed by atoms with E-state index in [0.29, 0.717) is 24.6 Å². The smallest absolute Gasteiger partial charge is 0.263 e. The monoisotopic (exact) mass is 215 g/mol. The number of carbonyl (C=O) groups excluding carboxylic acids is 1. The van der Waals surface area contributed by atoms with Gasteiger partial charge in [0.1, 0.15) is 0 Å². The topological polar surface area (TPSA) is 50.4 Å². The van der Waals surface area contributed by atoms with E-state index in [9.17, 15) is 4.79 Å². The number of ether oxygens (including phenoxy) is 1. The second kappa shape index (κ2) is 4.13. The molecule has 0 aromatic heterocycles. The summed E-state index contributed by atoms with van der Waals surface area (Å²) in [6.45, 7) is 2.67. The van der Waals surface area contributed by atoms with Crippen molar-refractivity contribution in [3.63, 3.8) is 0 Å². The molecular weight excluding hydrogens is 200 g/mol. The van der Waals surface area contributed by atoms with Gasteiger partial charge in [0.25, 0.3) is 5.88 Å². The summed E-state index contributed by atoms with van der Waals surface area (Å²) < 4.78 is 11.8. The highest BCUT2D eigenvalue weighted by Gasteiger charge is 2.38. The maximum atomic E-state index is 11.5. The Labute approximate surface area is 86.7 Å². The van der Waals surface area contributed by atoms with Crippen LogP contribution in [0.4, 0.5) is 0 Å². The average Bonchev–Trinajstić information content (AvgIpc) is 2.59. The highest BCUT2D eigenvalue weighted by atomic mass is 32.2. The number of nitrogens with one attached hydrogen (secondary N) is 2. The first-order valence-corrected chi connectivity index (χ1v) is 6.35. The Morgan fingerprint density at radius 1 is 1.50 bits per heavy atom. The molecule has 0 radical (unpaired) electrons. The third-order valence-corrected chi connectivity index (χ3v) is 3.80. The van der Waals surface area contributed by atoms with Gasteiger partial charge in [0, 0.05) is 6.42 Å². The van der Waals surface area contributed by atoms with Crippen molar-refractivity contribution in [1.82, 2.24) is 9.44 Å². The normalized spacial score (nSPS) is 25.2. The predicted molar refractivity (Wildman–Crippen MR) is 56.0 cm³/mol. The Morgan fingerprint density at radius 3 is 3.07 bits per heavy atom. The third-order valence-electron chi connectivity index (χ3n) is 2.22. The van der Waals surface area contributed by atoms with Crippen molar-refractivity contribution in [1.29, 1.82) is 0 Å². The van der Waals surface area contributed by atoms with E-state index in [0.717, 1.165) is 12.2 Å². The summed E-state index contributed by atoms with van der Waals surface area (Å²) in [7, 11) is 0. The first kappa shape index (κ1) is 9.71. The summed E-state index contributed by atoms with van der Waals surface area (Å²) >= 11 is -0.0877. The van der Waals surface area contributed by atoms with Gasteiger partial charge in [0.05, 0.1) is 6.61 Å². The van der Waals surface area contributed by atoms with Crippen LogP contribution in [0.3, 0.4) is 0 Å². The van der Waals surface area contributed by atoms with E-state index in [1.165, 1.54) is 6.42 Å². The van der Waals surface area contributed by atoms with E-state index < -0.39 is 0 Å². The van der Waals surface area contributed by atoms with Crippen molar-refractivity contribution in [3.8, 4) is 0 Å². The molecule has 4 nitrogen and oxygen atoms in total. The Balaban J connectivity index is 1.94. The summed E-state index contributed by atoms with van der Waals surface area (Å²) in [5.74, 6) is 1.89. The Kier molecular flexibility index (Phi) is 2.86. The standard InChI is InChI=1S/C9H14N2O2S/c1-2-3-6-14-10-8-7(12)4-5-13-9(8)11-14/h2-6H2,1H3,(H,10,11)/p+1. The largest absolute Gasteiger partial charge is 0.474 e. The molecule has 2 aliphatic rings. The SMILES string of the molecule is CCCC[S+]1NC2=C(N1)C(=O)CCO2. The zero-order valence-corrected chi connectivity index (χ0v) is 9.08. The lowest BCUT2D eigenvalue weighted by molar-refractivity contribution is -0.117. The Bertz CT molecular complexity index is 278. The fourth-order valence-corrected chi connectivity index (χ4v) is 3.07. The van der Waals surface area contributed by atoms with Crippen molar-refractivity contribution in [2.45, 2.75) is 26.2 Å². The quantitative estimate of drug-likeness (QED) is 0.676. The molecule has 0 aromatic rings. The van der Waals surface area contributed by atoms with Crippen LogP contribution in [-0.4, -0.2) is 18.1 Å². The van der Waals surface area contributed by atoms with Crippen LogP contribution in [0.2, 0.25) is 0 Å². The zero-order valence-electron chi connectivity index (χ0n) is 8.26.